The van der Waals surface area contributed by atoms with E-state index in [1.807, 2.05) is 0 Å². The molecule has 1 amide bonds. The Morgan fingerprint density at radius 2 is 1.03 bits per heavy atom. The van der Waals surface area contributed by atoms with Crippen LogP contribution in [0.2, 0.25) is 0 Å². The largest absolute Gasteiger partial charge is 0.480 e. The van der Waals surface area contributed by atoms with Crippen molar-refractivity contribution in [2.24, 2.45) is 0 Å². The molecule has 212 valence electrons. The molecule has 0 rings (SSSR count). The van der Waals surface area contributed by atoms with Crippen molar-refractivity contribution in [3.05, 3.63) is 0 Å². The fourth-order valence-corrected chi connectivity index (χ4v) is 4.51. The van der Waals surface area contributed by atoms with Crippen LogP contribution in [0.4, 0.5) is 0 Å². The van der Waals surface area contributed by atoms with E-state index in [1.165, 1.54) is 70.6 Å². The Morgan fingerprint density at radius 3 is 1.50 bits per heavy atom. The molecule has 0 spiro atoms. The lowest BCUT2D eigenvalue weighted by atomic mass is 10.0. The lowest BCUT2D eigenvalue weighted by Gasteiger charge is -2.18. The number of ether oxygens (including phenoxy) is 1. The van der Waals surface area contributed by atoms with Gasteiger partial charge in [-0.05, 0) is 38.5 Å². The van der Waals surface area contributed by atoms with Crippen LogP contribution in [-0.2, 0) is 19.1 Å². The Hall–Kier alpha value is -1.59. The minimum absolute atomic E-state index is 0.0238. The van der Waals surface area contributed by atoms with Crippen LogP contribution >= 0.6 is 0 Å². The van der Waals surface area contributed by atoms with Gasteiger partial charge in [-0.15, -0.1) is 0 Å². The first-order chi connectivity index (χ1) is 17.5. The SMILES string of the molecule is CCCCCCCCCCC(=O)OC(CCCCCCCC)CCCCCCCC(=O)NCC(=O)O. The predicted octanol–water partition coefficient (Wildman–Crippen LogP) is 8.11. The minimum atomic E-state index is -1.02. The number of carboxylic acid groups (broad SMARTS) is 1. The first-order valence-corrected chi connectivity index (χ1v) is 15.2. The van der Waals surface area contributed by atoms with Crippen molar-refractivity contribution in [1.82, 2.24) is 5.32 Å². The summed E-state index contributed by atoms with van der Waals surface area (Å²) in [6, 6.07) is 0. The number of aliphatic carboxylic acids is 1. The number of carbonyl (C=O) groups excluding carboxylic acids is 2. The van der Waals surface area contributed by atoms with Gasteiger partial charge in [-0.25, -0.2) is 0 Å². The topological polar surface area (TPSA) is 92.7 Å². The third-order valence-electron chi connectivity index (χ3n) is 6.78. The molecule has 6 heteroatoms. The molecule has 2 N–H and O–H groups in total. The van der Waals surface area contributed by atoms with Crippen molar-refractivity contribution in [3.8, 4) is 0 Å². The second-order valence-electron chi connectivity index (χ2n) is 10.4. The lowest BCUT2D eigenvalue weighted by Crippen LogP contribution is -2.28. The smallest absolute Gasteiger partial charge is 0.322 e. The van der Waals surface area contributed by atoms with Crippen molar-refractivity contribution in [2.75, 3.05) is 6.54 Å². The van der Waals surface area contributed by atoms with E-state index in [1.54, 1.807) is 0 Å². The maximum absolute atomic E-state index is 12.4. The van der Waals surface area contributed by atoms with Gasteiger partial charge in [0.05, 0.1) is 0 Å². The van der Waals surface area contributed by atoms with Crippen molar-refractivity contribution < 1.29 is 24.2 Å². The van der Waals surface area contributed by atoms with Gasteiger partial charge in [0.15, 0.2) is 0 Å². The molecule has 0 fully saturated rings. The third-order valence-corrected chi connectivity index (χ3v) is 6.78. The van der Waals surface area contributed by atoms with Crippen LogP contribution in [0.1, 0.15) is 162 Å². The van der Waals surface area contributed by atoms with Crippen molar-refractivity contribution in [1.29, 1.82) is 0 Å². The van der Waals surface area contributed by atoms with E-state index in [0.717, 1.165) is 64.2 Å². The van der Waals surface area contributed by atoms with E-state index >= 15 is 0 Å². The molecule has 0 saturated heterocycles. The second kappa shape index (κ2) is 26.5. The number of hydrogen-bond acceptors (Lipinski definition) is 4. The predicted molar refractivity (Wildman–Crippen MR) is 148 cm³/mol. The number of amides is 1. The van der Waals surface area contributed by atoms with Gasteiger partial charge in [0.25, 0.3) is 0 Å². The van der Waals surface area contributed by atoms with Crippen LogP contribution < -0.4 is 5.32 Å². The van der Waals surface area contributed by atoms with Crippen LogP contribution in [0.15, 0.2) is 0 Å². The summed E-state index contributed by atoms with van der Waals surface area (Å²) in [5.41, 5.74) is 0. The first kappa shape index (κ1) is 34.4. The molecule has 0 aromatic carbocycles. The van der Waals surface area contributed by atoms with Gasteiger partial charge in [0, 0.05) is 12.8 Å². The molecule has 0 saturated carbocycles. The number of unbranched alkanes of at least 4 members (excludes halogenated alkanes) is 16. The molecule has 0 aromatic rings. The second-order valence-corrected chi connectivity index (χ2v) is 10.4. The highest BCUT2D eigenvalue weighted by Gasteiger charge is 2.14. The maximum atomic E-state index is 12.4. The highest BCUT2D eigenvalue weighted by molar-refractivity contribution is 5.80. The fourth-order valence-electron chi connectivity index (χ4n) is 4.51. The fraction of sp³-hybridized carbons (Fsp3) is 0.900. The van der Waals surface area contributed by atoms with E-state index in [9.17, 15) is 14.4 Å². The molecular weight excluding hydrogens is 454 g/mol. The Balaban J connectivity index is 4.07. The number of carboxylic acids is 1. The van der Waals surface area contributed by atoms with E-state index in [0.29, 0.717) is 12.8 Å². The van der Waals surface area contributed by atoms with Crippen molar-refractivity contribution in [3.63, 3.8) is 0 Å². The van der Waals surface area contributed by atoms with E-state index < -0.39 is 5.97 Å². The van der Waals surface area contributed by atoms with Gasteiger partial charge in [-0.3, -0.25) is 14.4 Å². The van der Waals surface area contributed by atoms with E-state index in [2.05, 4.69) is 19.2 Å². The summed E-state index contributed by atoms with van der Waals surface area (Å²) in [5, 5.41) is 11.0. The molecule has 0 aliphatic heterocycles. The molecule has 1 atom stereocenters. The highest BCUT2D eigenvalue weighted by atomic mass is 16.5. The normalized spacial score (nSPS) is 11.8. The molecule has 0 bridgehead atoms. The molecular formula is C30H57NO5. The Bertz CT molecular complexity index is 537. The number of esters is 1. The van der Waals surface area contributed by atoms with Gasteiger partial charge in [0.1, 0.15) is 12.6 Å². The average molecular weight is 512 g/mol. The van der Waals surface area contributed by atoms with Crippen LogP contribution in [0.5, 0.6) is 0 Å². The molecule has 0 heterocycles. The van der Waals surface area contributed by atoms with Crippen LogP contribution in [0, 0.1) is 0 Å². The maximum Gasteiger partial charge on any atom is 0.322 e. The van der Waals surface area contributed by atoms with Gasteiger partial charge in [-0.2, -0.15) is 0 Å². The van der Waals surface area contributed by atoms with E-state index in [4.69, 9.17) is 9.84 Å². The summed E-state index contributed by atoms with van der Waals surface area (Å²) in [7, 11) is 0. The van der Waals surface area contributed by atoms with Crippen LogP contribution in [-0.4, -0.2) is 35.6 Å². The van der Waals surface area contributed by atoms with Gasteiger partial charge in [-0.1, -0.05) is 110 Å². The molecule has 0 radical (unpaired) electrons. The summed E-state index contributed by atoms with van der Waals surface area (Å²) >= 11 is 0. The minimum Gasteiger partial charge on any atom is -0.480 e. The molecule has 0 aromatic heterocycles. The van der Waals surface area contributed by atoms with Crippen LogP contribution in [0.3, 0.4) is 0 Å². The Morgan fingerprint density at radius 1 is 0.611 bits per heavy atom. The van der Waals surface area contributed by atoms with Gasteiger partial charge in [0.2, 0.25) is 5.91 Å². The van der Waals surface area contributed by atoms with Crippen molar-refractivity contribution in [2.45, 2.75) is 168 Å². The zero-order valence-corrected chi connectivity index (χ0v) is 23.6. The quantitative estimate of drug-likeness (QED) is 0.0858. The third kappa shape index (κ3) is 25.5. The van der Waals surface area contributed by atoms with Crippen molar-refractivity contribution >= 4 is 17.8 Å². The first-order valence-electron chi connectivity index (χ1n) is 15.2. The molecule has 36 heavy (non-hydrogen) atoms. The van der Waals surface area contributed by atoms with Crippen LogP contribution in [0.25, 0.3) is 0 Å². The Labute approximate surface area is 221 Å². The summed E-state index contributed by atoms with van der Waals surface area (Å²) < 4.78 is 5.90. The summed E-state index contributed by atoms with van der Waals surface area (Å²) in [6.45, 7) is 4.16. The zero-order chi connectivity index (χ0) is 26.7. The number of carbonyl (C=O) groups is 3. The van der Waals surface area contributed by atoms with Gasteiger partial charge < -0.3 is 15.2 Å². The number of rotatable bonds is 27. The summed E-state index contributed by atoms with van der Waals surface area (Å²) in [6.07, 6.45) is 25.1. The molecule has 0 aliphatic rings. The number of hydrogen-bond donors (Lipinski definition) is 2. The summed E-state index contributed by atoms with van der Waals surface area (Å²) in [5.74, 6) is -1.23. The standard InChI is InChI=1S/C30H57NO5/c1-3-5-7-9-11-12-17-21-25-30(35)36-27(22-18-14-10-8-6-4-2)23-19-15-13-16-20-24-28(32)31-26-29(33)34/h27H,3-26H2,1-2H3,(H,31,32)(H,33,34). The highest BCUT2D eigenvalue weighted by Crippen LogP contribution is 2.18. The average Bonchev–Trinajstić information content (AvgIpc) is 2.85. The Kier molecular flexibility index (Phi) is 25.3. The molecule has 6 nitrogen and oxygen atoms in total. The lowest BCUT2D eigenvalue weighted by molar-refractivity contribution is -0.150. The zero-order valence-electron chi connectivity index (χ0n) is 23.6. The summed E-state index contributed by atoms with van der Waals surface area (Å²) in [4.78, 5) is 34.5. The van der Waals surface area contributed by atoms with E-state index in [-0.39, 0.29) is 24.5 Å². The number of nitrogens with one attached hydrogen (secondary N) is 1. The van der Waals surface area contributed by atoms with Gasteiger partial charge >= 0.3 is 11.9 Å². The molecule has 1 unspecified atom stereocenters. The molecule has 0 aliphatic carbocycles. The monoisotopic (exact) mass is 511 g/mol.